The Morgan fingerprint density at radius 3 is 2.67 bits per heavy atom. The van der Waals surface area contributed by atoms with Crippen LogP contribution in [0.3, 0.4) is 0 Å². The highest BCUT2D eigenvalue weighted by Crippen LogP contribution is 2.34. The monoisotopic (exact) mass is 332 g/mol. The molecule has 5 nitrogen and oxygen atoms in total. The number of carbonyl (C=O) groups is 2. The number of carbonyl (C=O) groups excluding carboxylic acids is 2. The molecule has 0 saturated heterocycles. The fourth-order valence-electron chi connectivity index (χ4n) is 2.53. The van der Waals surface area contributed by atoms with Gasteiger partial charge in [0.05, 0.1) is 17.8 Å². The molecule has 7 heteroatoms. The Balaban J connectivity index is 2.01. The smallest absolute Gasteiger partial charge is 0.262 e. The van der Waals surface area contributed by atoms with Crippen molar-refractivity contribution in [2.45, 2.75) is 6.10 Å². The summed E-state index contributed by atoms with van der Waals surface area (Å²) in [4.78, 5) is 25.9. The van der Waals surface area contributed by atoms with Crippen LogP contribution in [0, 0.1) is 11.6 Å². The molecule has 0 unspecified atom stereocenters. The summed E-state index contributed by atoms with van der Waals surface area (Å²) in [5, 5.41) is 2.46. The highest BCUT2D eigenvalue weighted by molar-refractivity contribution is 6.08. The molecular formula is C17H14F2N2O3. The third-order valence-corrected chi connectivity index (χ3v) is 3.72. The van der Waals surface area contributed by atoms with E-state index in [-0.39, 0.29) is 12.1 Å². The van der Waals surface area contributed by atoms with Gasteiger partial charge in [0, 0.05) is 13.1 Å². The van der Waals surface area contributed by atoms with E-state index in [2.05, 4.69) is 5.32 Å². The van der Waals surface area contributed by atoms with Crippen molar-refractivity contribution < 1.29 is 23.1 Å². The minimum atomic E-state index is -0.958. The molecule has 1 aliphatic heterocycles. The van der Waals surface area contributed by atoms with Crippen LogP contribution in [0.2, 0.25) is 0 Å². The van der Waals surface area contributed by atoms with E-state index in [0.717, 1.165) is 12.1 Å². The second kappa shape index (κ2) is 6.27. The van der Waals surface area contributed by atoms with Crippen LogP contribution in [0.5, 0.6) is 5.75 Å². The van der Waals surface area contributed by atoms with Crippen molar-refractivity contribution in [3.05, 3.63) is 59.7 Å². The standard InChI is InChI=1S/C17H14F2N2O3/c1-20-16(22)15-9-21(13-4-2-3-5-14(13)24-15)17(23)11-7-6-10(18)8-12(11)19/h2-8,15H,9H2,1H3,(H,20,22)/t15-/m0/s1. The molecule has 124 valence electrons. The van der Waals surface area contributed by atoms with E-state index in [1.807, 2.05) is 0 Å². The molecule has 2 aromatic rings. The Hall–Kier alpha value is -2.96. The van der Waals surface area contributed by atoms with Gasteiger partial charge >= 0.3 is 0 Å². The van der Waals surface area contributed by atoms with Crippen LogP contribution < -0.4 is 15.0 Å². The lowest BCUT2D eigenvalue weighted by molar-refractivity contribution is -0.127. The molecule has 0 spiro atoms. The predicted molar refractivity (Wildman–Crippen MR) is 83.0 cm³/mol. The molecule has 2 amide bonds. The zero-order valence-electron chi connectivity index (χ0n) is 12.8. The molecule has 1 aliphatic rings. The van der Waals surface area contributed by atoms with Crippen molar-refractivity contribution in [3.63, 3.8) is 0 Å². The molecule has 3 rings (SSSR count). The number of likely N-dealkylation sites (N-methyl/N-ethyl adjacent to an activating group) is 1. The number of nitrogens with zero attached hydrogens (tertiary/aromatic N) is 1. The number of amides is 2. The first-order valence-corrected chi connectivity index (χ1v) is 7.25. The topological polar surface area (TPSA) is 58.6 Å². The Morgan fingerprint density at radius 2 is 1.96 bits per heavy atom. The normalized spacial score (nSPS) is 16.1. The lowest BCUT2D eigenvalue weighted by atomic mass is 10.1. The second-order valence-electron chi connectivity index (χ2n) is 5.23. The maximum atomic E-state index is 14.0. The average molecular weight is 332 g/mol. The molecule has 2 aromatic carbocycles. The van der Waals surface area contributed by atoms with E-state index in [1.54, 1.807) is 24.3 Å². The van der Waals surface area contributed by atoms with Crippen LogP contribution >= 0.6 is 0 Å². The Bertz CT molecular complexity index is 810. The first kappa shape index (κ1) is 15.9. The van der Waals surface area contributed by atoms with E-state index >= 15 is 0 Å². The number of hydrogen-bond acceptors (Lipinski definition) is 3. The number of hydrogen-bond donors (Lipinski definition) is 1. The summed E-state index contributed by atoms with van der Waals surface area (Å²) in [7, 11) is 1.46. The minimum absolute atomic E-state index is 0.0770. The van der Waals surface area contributed by atoms with Gasteiger partial charge in [-0.2, -0.15) is 0 Å². The maximum absolute atomic E-state index is 14.0. The molecule has 0 bridgehead atoms. The molecule has 0 radical (unpaired) electrons. The Kier molecular flexibility index (Phi) is 4.16. The van der Waals surface area contributed by atoms with Crippen LogP contribution in [0.1, 0.15) is 10.4 Å². The van der Waals surface area contributed by atoms with E-state index in [1.165, 1.54) is 11.9 Å². The van der Waals surface area contributed by atoms with E-state index in [4.69, 9.17) is 4.74 Å². The Morgan fingerprint density at radius 1 is 1.21 bits per heavy atom. The third kappa shape index (κ3) is 2.80. The molecule has 1 atom stereocenters. The number of benzene rings is 2. The van der Waals surface area contributed by atoms with Crippen LogP contribution in [0.4, 0.5) is 14.5 Å². The summed E-state index contributed by atoms with van der Waals surface area (Å²) < 4.78 is 32.6. The number of nitrogens with one attached hydrogen (secondary N) is 1. The van der Waals surface area contributed by atoms with Gasteiger partial charge in [0.15, 0.2) is 6.10 Å². The first-order chi connectivity index (χ1) is 11.5. The lowest BCUT2D eigenvalue weighted by Crippen LogP contribution is -2.50. The number of rotatable bonds is 2. The second-order valence-corrected chi connectivity index (χ2v) is 5.23. The van der Waals surface area contributed by atoms with Gasteiger partial charge in [-0.15, -0.1) is 0 Å². The SMILES string of the molecule is CNC(=O)[C@@H]1CN(C(=O)c2ccc(F)cc2F)c2ccccc2O1. The van der Waals surface area contributed by atoms with Crippen LogP contribution in [0.25, 0.3) is 0 Å². The molecule has 0 aromatic heterocycles. The van der Waals surface area contributed by atoms with Gasteiger partial charge in [0.2, 0.25) is 0 Å². The van der Waals surface area contributed by atoms with Crippen LogP contribution in [-0.2, 0) is 4.79 Å². The van der Waals surface area contributed by atoms with Gasteiger partial charge in [0.1, 0.15) is 17.4 Å². The van der Waals surface area contributed by atoms with Gasteiger partial charge < -0.3 is 15.0 Å². The van der Waals surface area contributed by atoms with Gasteiger partial charge in [-0.1, -0.05) is 12.1 Å². The summed E-state index contributed by atoms with van der Waals surface area (Å²) >= 11 is 0. The summed E-state index contributed by atoms with van der Waals surface area (Å²) in [5.41, 5.74) is 0.148. The third-order valence-electron chi connectivity index (χ3n) is 3.72. The molecule has 0 fully saturated rings. The van der Waals surface area contributed by atoms with Crippen molar-refractivity contribution in [1.82, 2.24) is 5.32 Å². The van der Waals surface area contributed by atoms with Crippen LogP contribution in [-0.4, -0.2) is 31.5 Å². The maximum Gasteiger partial charge on any atom is 0.262 e. The highest BCUT2D eigenvalue weighted by atomic mass is 19.1. The van der Waals surface area contributed by atoms with E-state index in [9.17, 15) is 18.4 Å². The largest absolute Gasteiger partial charge is 0.477 e. The summed E-state index contributed by atoms with van der Waals surface area (Å²) in [5.74, 6) is -2.46. The molecular weight excluding hydrogens is 318 g/mol. The highest BCUT2D eigenvalue weighted by Gasteiger charge is 2.34. The molecule has 1 heterocycles. The van der Waals surface area contributed by atoms with Gasteiger partial charge in [-0.3, -0.25) is 9.59 Å². The lowest BCUT2D eigenvalue weighted by Gasteiger charge is -2.34. The molecule has 1 N–H and O–H groups in total. The molecule has 0 saturated carbocycles. The zero-order chi connectivity index (χ0) is 17.3. The quantitative estimate of drug-likeness (QED) is 0.916. The predicted octanol–water partition coefficient (Wildman–Crippen LogP) is 2.12. The van der Waals surface area contributed by atoms with Crippen molar-refractivity contribution in [1.29, 1.82) is 0 Å². The number of halogens is 2. The van der Waals surface area contributed by atoms with Gasteiger partial charge in [0.25, 0.3) is 11.8 Å². The molecule has 0 aliphatic carbocycles. The molecule has 24 heavy (non-hydrogen) atoms. The van der Waals surface area contributed by atoms with Crippen molar-refractivity contribution in [3.8, 4) is 5.75 Å². The van der Waals surface area contributed by atoms with E-state index < -0.39 is 29.6 Å². The van der Waals surface area contributed by atoms with Gasteiger partial charge in [-0.25, -0.2) is 8.78 Å². The van der Waals surface area contributed by atoms with Crippen molar-refractivity contribution >= 4 is 17.5 Å². The fraction of sp³-hybridized carbons (Fsp3) is 0.176. The number of anilines is 1. The number of para-hydroxylation sites is 2. The van der Waals surface area contributed by atoms with Crippen LogP contribution in [0.15, 0.2) is 42.5 Å². The fourth-order valence-corrected chi connectivity index (χ4v) is 2.53. The van der Waals surface area contributed by atoms with Gasteiger partial charge in [-0.05, 0) is 24.3 Å². The minimum Gasteiger partial charge on any atom is -0.477 e. The average Bonchev–Trinajstić information content (AvgIpc) is 2.59. The zero-order valence-corrected chi connectivity index (χ0v) is 12.8. The number of fused-ring (bicyclic) bond motifs is 1. The summed E-state index contributed by atoms with van der Waals surface area (Å²) in [6.07, 6.45) is -0.919. The summed E-state index contributed by atoms with van der Waals surface area (Å²) in [6, 6.07) is 9.39. The van der Waals surface area contributed by atoms with E-state index in [0.29, 0.717) is 17.5 Å². The Labute approximate surface area is 136 Å². The number of ether oxygens (including phenoxy) is 1. The first-order valence-electron chi connectivity index (χ1n) is 7.25. The van der Waals surface area contributed by atoms with Crippen molar-refractivity contribution in [2.75, 3.05) is 18.5 Å². The summed E-state index contributed by atoms with van der Waals surface area (Å²) in [6.45, 7) is -0.0770. The van der Waals surface area contributed by atoms with Crippen molar-refractivity contribution in [2.24, 2.45) is 0 Å².